The molecule has 0 bridgehead atoms. The van der Waals surface area contributed by atoms with Gasteiger partial charge in [0, 0.05) is 31.1 Å². The predicted octanol–water partition coefficient (Wildman–Crippen LogP) is 0.263. The lowest BCUT2D eigenvalue weighted by Gasteiger charge is -2.33. The fourth-order valence-corrected chi connectivity index (χ4v) is 2.64. The molecular formula is C8H18N4S. The maximum atomic E-state index is 5.37. The molecule has 0 amide bonds. The Morgan fingerprint density at radius 2 is 2.54 bits per heavy atom. The summed E-state index contributed by atoms with van der Waals surface area (Å²) in [6, 6.07) is 0. The van der Waals surface area contributed by atoms with Gasteiger partial charge < -0.3 is 4.90 Å². The van der Waals surface area contributed by atoms with Crippen LogP contribution >= 0.6 is 11.8 Å². The fourth-order valence-electron chi connectivity index (χ4n) is 1.46. The number of guanidine groups is 1. The lowest BCUT2D eigenvalue weighted by Crippen LogP contribution is -2.50. The quantitative estimate of drug-likeness (QED) is 0.277. The van der Waals surface area contributed by atoms with Gasteiger partial charge in [0.2, 0.25) is 5.96 Å². The van der Waals surface area contributed by atoms with Crippen molar-refractivity contribution in [2.75, 3.05) is 25.9 Å². The zero-order valence-corrected chi connectivity index (χ0v) is 9.10. The molecule has 5 heteroatoms. The van der Waals surface area contributed by atoms with Gasteiger partial charge in [0.25, 0.3) is 0 Å². The van der Waals surface area contributed by atoms with Crippen LogP contribution in [0.15, 0.2) is 4.99 Å². The number of hydrogen-bond acceptors (Lipinski definition) is 3. The summed E-state index contributed by atoms with van der Waals surface area (Å²) in [4.78, 5) is 6.31. The number of hydrogen-bond donors (Lipinski definition) is 2. The highest BCUT2D eigenvalue weighted by Gasteiger charge is 2.20. The molecular weight excluding hydrogens is 184 g/mol. The maximum Gasteiger partial charge on any atom is 0.208 e. The molecule has 0 aromatic carbocycles. The van der Waals surface area contributed by atoms with Crippen molar-refractivity contribution in [3.63, 3.8) is 0 Å². The first-order chi connectivity index (χ1) is 6.31. The number of nitrogens with one attached hydrogen (secondary N) is 1. The highest BCUT2D eigenvalue weighted by molar-refractivity contribution is 8.00. The average molecular weight is 202 g/mol. The van der Waals surface area contributed by atoms with E-state index >= 15 is 0 Å². The molecule has 1 aliphatic heterocycles. The lowest BCUT2D eigenvalue weighted by atomic mass is 10.3. The van der Waals surface area contributed by atoms with Crippen LogP contribution < -0.4 is 11.3 Å². The van der Waals surface area contributed by atoms with E-state index in [1.54, 1.807) is 7.05 Å². The molecule has 0 aromatic heterocycles. The SMILES string of the molecule is CCC1CN(C(=NC)NN)CCS1. The Bertz CT molecular complexity index is 183. The van der Waals surface area contributed by atoms with Crippen LogP contribution in [-0.2, 0) is 0 Å². The van der Waals surface area contributed by atoms with E-state index in [1.807, 2.05) is 11.8 Å². The Kier molecular flexibility index (Phi) is 4.38. The van der Waals surface area contributed by atoms with Gasteiger partial charge in [0.1, 0.15) is 0 Å². The number of rotatable bonds is 1. The topological polar surface area (TPSA) is 53.6 Å². The highest BCUT2D eigenvalue weighted by atomic mass is 32.2. The van der Waals surface area contributed by atoms with Gasteiger partial charge >= 0.3 is 0 Å². The Morgan fingerprint density at radius 1 is 1.77 bits per heavy atom. The van der Waals surface area contributed by atoms with Crippen molar-refractivity contribution >= 4 is 17.7 Å². The monoisotopic (exact) mass is 202 g/mol. The molecule has 1 saturated heterocycles. The highest BCUT2D eigenvalue weighted by Crippen LogP contribution is 2.20. The first-order valence-electron chi connectivity index (χ1n) is 4.61. The van der Waals surface area contributed by atoms with E-state index in [0.29, 0.717) is 0 Å². The summed E-state index contributed by atoms with van der Waals surface area (Å²) in [5.74, 6) is 7.34. The minimum atomic E-state index is 0.721. The predicted molar refractivity (Wildman–Crippen MR) is 58.8 cm³/mol. The van der Waals surface area contributed by atoms with E-state index in [4.69, 9.17) is 5.84 Å². The molecule has 4 nitrogen and oxygen atoms in total. The molecule has 0 radical (unpaired) electrons. The van der Waals surface area contributed by atoms with Crippen molar-refractivity contribution in [2.24, 2.45) is 10.8 Å². The summed E-state index contributed by atoms with van der Waals surface area (Å²) in [6.07, 6.45) is 1.21. The normalized spacial score (nSPS) is 24.7. The van der Waals surface area contributed by atoms with Gasteiger partial charge in [-0.2, -0.15) is 11.8 Å². The summed E-state index contributed by atoms with van der Waals surface area (Å²) < 4.78 is 0. The van der Waals surface area contributed by atoms with E-state index in [2.05, 4.69) is 22.2 Å². The molecule has 0 aromatic rings. The van der Waals surface area contributed by atoms with Gasteiger partial charge in [0.05, 0.1) is 0 Å². The molecule has 1 heterocycles. The number of thioether (sulfide) groups is 1. The second-order valence-corrected chi connectivity index (χ2v) is 4.45. The van der Waals surface area contributed by atoms with Gasteiger partial charge in [0.15, 0.2) is 0 Å². The molecule has 1 unspecified atom stereocenters. The zero-order chi connectivity index (χ0) is 9.68. The van der Waals surface area contributed by atoms with Crippen LogP contribution in [0.4, 0.5) is 0 Å². The molecule has 0 aliphatic carbocycles. The third-order valence-electron chi connectivity index (χ3n) is 2.23. The Balaban J connectivity index is 2.50. The molecule has 0 spiro atoms. The largest absolute Gasteiger partial charge is 0.340 e. The minimum absolute atomic E-state index is 0.721. The van der Waals surface area contributed by atoms with Crippen LogP contribution in [0.2, 0.25) is 0 Å². The van der Waals surface area contributed by atoms with Gasteiger partial charge in [-0.25, -0.2) is 5.84 Å². The second kappa shape index (κ2) is 5.34. The van der Waals surface area contributed by atoms with Gasteiger partial charge in [-0.1, -0.05) is 6.92 Å². The van der Waals surface area contributed by atoms with Crippen LogP contribution in [0, 0.1) is 0 Å². The minimum Gasteiger partial charge on any atom is -0.340 e. The number of aliphatic imine (C=N–C) groups is 1. The van der Waals surface area contributed by atoms with Crippen molar-refractivity contribution < 1.29 is 0 Å². The van der Waals surface area contributed by atoms with E-state index in [0.717, 1.165) is 24.3 Å². The molecule has 1 aliphatic rings. The summed E-state index contributed by atoms with van der Waals surface area (Å²) in [7, 11) is 1.76. The summed E-state index contributed by atoms with van der Waals surface area (Å²) in [6.45, 7) is 4.32. The lowest BCUT2D eigenvalue weighted by molar-refractivity contribution is 0.409. The van der Waals surface area contributed by atoms with Crippen molar-refractivity contribution in [2.45, 2.75) is 18.6 Å². The smallest absolute Gasteiger partial charge is 0.208 e. The van der Waals surface area contributed by atoms with Crippen LogP contribution in [-0.4, -0.2) is 42.0 Å². The first kappa shape index (κ1) is 10.7. The summed E-state index contributed by atoms with van der Waals surface area (Å²) in [5.41, 5.74) is 2.63. The van der Waals surface area contributed by atoms with Crippen LogP contribution in [0.1, 0.15) is 13.3 Å². The summed E-state index contributed by atoms with van der Waals surface area (Å²) in [5, 5.41) is 0.721. The molecule has 0 saturated carbocycles. The van der Waals surface area contributed by atoms with Crippen molar-refractivity contribution in [3.05, 3.63) is 0 Å². The average Bonchev–Trinajstić information content (AvgIpc) is 2.20. The van der Waals surface area contributed by atoms with Crippen LogP contribution in [0.25, 0.3) is 0 Å². The van der Waals surface area contributed by atoms with Gasteiger partial charge in [-0.15, -0.1) is 0 Å². The van der Waals surface area contributed by atoms with E-state index in [9.17, 15) is 0 Å². The zero-order valence-electron chi connectivity index (χ0n) is 8.29. The second-order valence-electron chi connectivity index (χ2n) is 3.04. The molecule has 3 N–H and O–H groups in total. The molecule has 1 atom stereocenters. The Morgan fingerprint density at radius 3 is 3.08 bits per heavy atom. The van der Waals surface area contributed by atoms with E-state index in [1.165, 1.54) is 12.2 Å². The standard InChI is InChI=1S/C8H18N4S/c1-3-7-6-12(4-5-13-7)8(10-2)11-9/h7H,3-6,9H2,1-2H3,(H,10,11). The summed E-state index contributed by atoms with van der Waals surface area (Å²) >= 11 is 2.04. The first-order valence-corrected chi connectivity index (χ1v) is 5.66. The third-order valence-corrected chi connectivity index (χ3v) is 3.61. The molecule has 1 fully saturated rings. The van der Waals surface area contributed by atoms with Gasteiger partial charge in [-0.3, -0.25) is 10.4 Å². The molecule has 13 heavy (non-hydrogen) atoms. The van der Waals surface area contributed by atoms with Crippen LogP contribution in [0.3, 0.4) is 0 Å². The number of nitrogens with zero attached hydrogens (tertiary/aromatic N) is 2. The van der Waals surface area contributed by atoms with Crippen molar-refractivity contribution in [1.29, 1.82) is 0 Å². The fraction of sp³-hybridized carbons (Fsp3) is 0.875. The maximum absolute atomic E-state index is 5.37. The van der Waals surface area contributed by atoms with Crippen LogP contribution in [0.5, 0.6) is 0 Å². The molecule has 1 rings (SSSR count). The number of nitrogens with two attached hydrogens (primary N) is 1. The third kappa shape index (κ3) is 2.77. The van der Waals surface area contributed by atoms with Crippen molar-refractivity contribution in [1.82, 2.24) is 10.3 Å². The van der Waals surface area contributed by atoms with E-state index < -0.39 is 0 Å². The van der Waals surface area contributed by atoms with Crippen molar-refractivity contribution in [3.8, 4) is 0 Å². The molecule has 76 valence electrons. The Labute approximate surface area is 83.9 Å². The number of hydrazine groups is 1. The van der Waals surface area contributed by atoms with E-state index in [-0.39, 0.29) is 0 Å². The van der Waals surface area contributed by atoms with Gasteiger partial charge in [-0.05, 0) is 6.42 Å². The Hall–Kier alpha value is -0.420.